The molecule has 1 aliphatic heterocycles. The van der Waals surface area contributed by atoms with Gasteiger partial charge in [-0.3, -0.25) is 9.59 Å². The van der Waals surface area contributed by atoms with Gasteiger partial charge in [-0.25, -0.2) is 0 Å². The second-order valence-corrected chi connectivity index (χ2v) is 12.6. The fraction of sp³-hybridized carbons (Fsp3) is 0.613. The van der Waals surface area contributed by atoms with E-state index in [-0.39, 0.29) is 30.4 Å². The summed E-state index contributed by atoms with van der Waals surface area (Å²) in [7, 11) is 0. The molecule has 1 amide bonds. The van der Waals surface area contributed by atoms with Crippen LogP contribution < -0.4 is 0 Å². The normalized spacial score (nSPS) is 34.4. The summed E-state index contributed by atoms with van der Waals surface area (Å²) in [5.74, 6) is -6.62. The molecule has 4 aliphatic carbocycles. The quantitative estimate of drug-likeness (QED) is 0.414. The average Bonchev–Trinajstić information content (AvgIpc) is 3.54. The summed E-state index contributed by atoms with van der Waals surface area (Å²) in [4.78, 5) is 26.9. The maximum atomic E-state index is 15.1. The number of carbonyl (C=O) groups is 2. The van der Waals surface area contributed by atoms with Gasteiger partial charge < -0.3 is 10.0 Å². The van der Waals surface area contributed by atoms with Gasteiger partial charge in [0.05, 0.1) is 0 Å². The lowest BCUT2D eigenvalue weighted by atomic mass is 9.50. The number of alkyl halides is 5. The Hall–Kier alpha value is -2.55. The number of ketones is 1. The average molecular weight is 564 g/mol. The molecule has 1 aromatic rings. The lowest BCUT2D eigenvalue weighted by Gasteiger charge is -2.56. The Bertz CT molecular complexity index is 1290. The number of fused-ring (bicyclic) bond motifs is 4. The van der Waals surface area contributed by atoms with Crippen LogP contribution in [-0.4, -0.2) is 52.5 Å². The lowest BCUT2D eigenvalue weighted by Crippen LogP contribution is -2.65. The molecule has 0 aromatic heterocycles. The van der Waals surface area contributed by atoms with Crippen LogP contribution in [0.25, 0.3) is 0 Å². The Morgan fingerprint density at radius 2 is 1.68 bits per heavy atom. The van der Waals surface area contributed by atoms with E-state index >= 15 is 8.78 Å². The van der Waals surface area contributed by atoms with Crippen LogP contribution in [0.4, 0.5) is 22.0 Å². The summed E-state index contributed by atoms with van der Waals surface area (Å²) < 4.78 is 71.4. The van der Waals surface area contributed by atoms with Gasteiger partial charge in [0, 0.05) is 36.4 Å². The number of halogens is 5. The van der Waals surface area contributed by atoms with Crippen molar-refractivity contribution in [3.63, 3.8) is 0 Å². The number of nitrogens with zero attached hydrogens (tertiary/aromatic N) is 1. The zero-order chi connectivity index (χ0) is 28.7. The van der Waals surface area contributed by atoms with Crippen LogP contribution in [0, 0.1) is 17.3 Å². The Kier molecular flexibility index (Phi) is 6.37. The molecule has 1 aromatic carbocycles. The largest absolute Gasteiger partial charge is 0.456 e. The van der Waals surface area contributed by atoms with E-state index < -0.39 is 41.4 Å². The molecule has 5 aliphatic rings. The van der Waals surface area contributed by atoms with Crippen molar-refractivity contribution in [3.05, 3.63) is 58.2 Å². The van der Waals surface area contributed by atoms with Crippen LogP contribution in [0.3, 0.4) is 0 Å². The maximum Gasteiger partial charge on any atom is 0.456 e. The Morgan fingerprint density at radius 1 is 1.00 bits per heavy atom. The minimum atomic E-state index is -5.88. The number of likely N-dealkylation sites (tertiary alicyclic amines) is 1. The van der Waals surface area contributed by atoms with E-state index in [2.05, 4.69) is 0 Å². The number of aliphatic hydroxyl groups is 1. The van der Waals surface area contributed by atoms with Crippen LogP contribution in [0.5, 0.6) is 0 Å². The van der Waals surface area contributed by atoms with Crippen molar-refractivity contribution in [2.45, 2.75) is 88.3 Å². The molecular formula is C31H34F5NO3. The van der Waals surface area contributed by atoms with Crippen LogP contribution in [0.2, 0.25) is 0 Å². The first-order valence-corrected chi connectivity index (χ1v) is 14.3. The van der Waals surface area contributed by atoms with E-state index in [4.69, 9.17) is 0 Å². The molecule has 0 unspecified atom stereocenters. The van der Waals surface area contributed by atoms with Crippen molar-refractivity contribution in [2.75, 3.05) is 13.1 Å². The first-order valence-electron chi connectivity index (χ1n) is 14.3. The van der Waals surface area contributed by atoms with Gasteiger partial charge in [0.2, 0.25) is 0 Å². The summed E-state index contributed by atoms with van der Waals surface area (Å²) in [6.07, 6.45) is -0.985. The molecule has 2 saturated carbocycles. The second-order valence-electron chi connectivity index (χ2n) is 12.6. The minimum Gasteiger partial charge on any atom is -0.383 e. The maximum absolute atomic E-state index is 15.1. The van der Waals surface area contributed by atoms with E-state index in [9.17, 15) is 27.9 Å². The van der Waals surface area contributed by atoms with Crippen LogP contribution in [-0.2, 0) is 4.79 Å². The molecular weight excluding hydrogens is 529 g/mol. The van der Waals surface area contributed by atoms with E-state index in [1.165, 1.54) is 6.92 Å². The molecule has 40 heavy (non-hydrogen) atoms. The molecule has 0 radical (unpaired) electrons. The van der Waals surface area contributed by atoms with Crippen molar-refractivity contribution in [2.24, 2.45) is 17.3 Å². The number of allylic oxidation sites excluding steroid dienone is 4. The molecule has 216 valence electrons. The number of benzene rings is 1. The first-order chi connectivity index (χ1) is 18.8. The zero-order valence-corrected chi connectivity index (χ0v) is 22.5. The van der Waals surface area contributed by atoms with Crippen LogP contribution >= 0.6 is 0 Å². The molecule has 6 rings (SSSR count). The third-order valence-corrected chi connectivity index (χ3v) is 10.7. The molecule has 0 bridgehead atoms. The smallest absolute Gasteiger partial charge is 0.383 e. The van der Waals surface area contributed by atoms with Crippen molar-refractivity contribution in [1.29, 1.82) is 0 Å². The number of amides is 1. The number of carbonyl (C=O) groups excluding carboxylic acids is 2. The summed E-state index contributed by atoms with van der Waals surface area (Å²) in [5, 5.41) is 11.4. The number of rotatable bonds is 3. The molecule has 1 N–H and O–H groups in total. The van der Waals surface area contributed by atoms with Gasteiger partial charge in [0.1, 0.15) is 5.60 Å². The first kappa shape index (κ1) is 27.6. The highest BCUT2D eigenvalue weighted by Crippen LogP contribution is 2.70. The van der Waals surface area contributed by atoms with Crippen LogP contribution in [0.1, 0.15) is 86.6 Å². The fourth-order valence-corrected chi connectivity index (χ4v) is 8.68. The number of hydrogen-bond acceptors (Lipinski definition) is 3. The van der Waals surface area contributed by atoms with Crippen molar-refractivity contribution in [3.8, 4) is 0 Å². The van der Waals surface area contributed by atoms with E-state index in [1.54, 1.807) is 35.2 Å². The molecule has 4 nitrogen and oxygen atoms in total. The molecule has 9 heteroatoms. The highest BCUT2D eigenvalue weighted by molar-refractivity contribution is 5.94. The van der Waals surface area contributed by atoms with Crippen LogP contribution in [0.15, 0.2) is 47.1 Å². The molecule has 0 spiro atoms. The van der Waals surface area contributed by atoms with E-state index in [1.807, 2.05) is 0 Å². The second kappa shape index (κ2) is 9.23. The molecule has 1 saturated heterocycles. The topological polar surface area (TPSA) is 57.6 Å². The Labute approximate surface area is 230 Å². The zero-order valence-electron chi connectivity index (χ0n) is 22.5. The summed E-state index contributed by atoms with van der Waals surface area (Å²) >= 11 is 0. The Balaban J connectivity index is 1.45. The Morgan fingerprint density at radius 3 is 2.33 bits per heavy atom. The van der Waals surface area contributed by atoms with Crippen molar-refractivity contribution < 1.29 is 36.6 Å². The van der Waals surface area contributed by atoms with Gasteiger partial charge >= 0.3 is 12.1 Å². The minimum absolute atomic E-state index is 0.0415. The van der Waals surface area contributed by atoms with E-state index in [0.717, 1.165) is 35.1 Å². The van der Waals surface area contributed by atoms with Gasteiger partial charge in [-0.1, -0.05) is 24.6 Å². The highest BCUT2D eigenvalue weighted by atomic mass is 19.4. The standard InChI is InChI=1S/C31H34F5NO3/c1-28-17-24(18-4-6-19(7-5-18)27(39)37-14-2-3-15-37)26-22-11-9-21(38)16-20(22)8-10-23(26)25(28)12-13-29(28,40)30(32,33)31(34,35)36/h4-7,16,23-25,40H,2-3,8-15,17H2,1H3/t23-,24+,25-,28-,29-/m0/s1. The molecule has 1 heterocycles. The van der Waals surface area contributed by atoms with Crippen molar-refractivity contribution >= 4 is 11.7 Å². The molecule has 3 fully saturated rings. The third-order valence-electron chi connectivity index (χ3n) is 10.7. The van der Waals surface area contributed by atoms with Gasteiger partial charge in [0.15, 0.2) is 5.78 Å². The summed E-state index contributed by atoms with van der Waals surface area (Å²) in [6.45, 7) is 2.81. The predicted octanol–water partition coefficient (Wildman–Crippen LogP) is 6.75. The predicted molar refractivity (Wildman–Crippen MR) is 138 cm³/mol. The van der Waals surface area contributed by atoms with Gasteiger partial charge in [-0.05, 0) is 98.1 Å². The van der Waals surface area contributed by atoms with Gasteiger partial charge in [-0.15, -0.1) is 0 Å². The fourth-order valence-electron chi connectivity index (χ4n) is 8.68. The monoisotopic (exact) mass is 563 g/mol. The van der Waals surface area contributed by atoms with Gasteiger partial charge in [0.25, 0.3) is 5.91 Å². The summed E-state index contributed by atoms with van der Waals surface area (Å²) in [5.41, 5.74) is -0.709. The third kappa shape index (κ3) is 3.86. The van der Waals surface area contributed by atoms with Gasteiger partial charge in [-0.2, -0.15) is 22.0 Å². The summed E-state index contributed by atoms with van der Waals surface area (Å²) in [6, 6.07) is 6.98. The highest BCUT2D eigenvalue weighted by Gasteiger charge is 2.79. The van der Waals surface area contributed by atoms with E-state index in [0.29, 0.717) is 44.3 Å². The molecule has 5 atom stereocenters. The number of hydrogen-bond donors (Lipinski definition) is 1. The SMILES string of the molecule is C[C@]12C[C@H](c3ccc(C(=O)N4CCCC4)cc3)C3=C4CCC(=O)C=C4CC[C@H]3[C@@H]1CC[C@@]2(O)C(F)(F)C(F)(F)F. The lowest BCUT2D eigenvalue weighted by molar-refractivity contribution is -0.362. The van der Waals surface area contributed by atoms with Crippen molar-refractivity contribution in [1.82, 2.24) is 4.90 Å².